The van der Waals surface area contributed by atoms with E-state index in [0.717, 1.165) is 38.9 Å². The highest BCUT2D eigenvalue weighted by Crippen LogP contribution is 2.10. The largest absolute Gasteiger partial charge is 0.355 e. The molecule has 0 aromatic heterocycles. The summed E-state index contributed by atoms with van der Waals surface area (Å²) in [6, 6.07) is 8.34. The van der Waals surface area contributed by atoms with Gasteiger partial charge in [0.05, 0.1) is 5.92 Å². The highest BCUT2D eigenvalue weighted by Gasteiger charge is 2.20. The summed E-state index contributed by atoms with van der Waals surface area (Å²) in [5.74, 6) is 0.367. The summed E-state index contributed by atoms with van der Waals surface area (Å²) < 4.78 is 0. The first-order valence-corrected chi connectivity index (χ1v) is 6.80. The number of piperidine rings is 1. The standard InChI is InChI=1S/C15H22N2O/c1-12-5-2-3-6-13(12)8-10-17-15(18)14-7-4-9-16-11-14/h2-3,5-6,14,16H,4,7-11H2,1H3,(H,17,18). The first-order chi connectivity index (χ1) is 8.77. The van der Waals surface area contributed by atoms with E-state index in [1.54, 1.807) is 0 Å². The van der Waals surface area contributed by atoms with Gasteiger partial charge in [-0.3, -0.25) is 4.79 Å². The molecule has 18 heavy (non-hydrogen) atoms. The maximum atomic E-state index is 11.9. The van der Waals surface area contributed by atoms with Crippen LogP contribution in [0.4, 0.5) is 0 Å². The molecular formula is C15H22N2O. The Kier molecular flexibility index (Phi) is 4.76. The summed E-state index contributed by atoms with van der Waals surface area (Å²) >= 11 is 0. The van der Waals surface area contributed by atoms with E-state index in [-0.39, 0.29) is 11.8 Å². The van der Waals surface area contributed by atoms with E-state index in [2.05, 4.69) is 35.8 Å². The molecule has 0 bridgehead atoms. The molecule has 1 aliphatic heterocycles. The Labute approximate surface area is 109 Å². The van der Waals surface area contributed by atoms with Gasteiger partial charge in [-0.1, -0.05) is 24.3 Å². The lowest BCUT2D eigenvalue weighted by Crippen LogP contribution is -2.41. The predicted octanol–water partition coefficient (Wildman–Crippen LogP) is 1.65. The topological polar surface area (TPSA) is 41.1 Å². The van der Waals surface area contributed by atoms with Gasteiger partial charge in [-0.2, -0.15) is 0 Å². The summed E-state index contributed by atoms with van der Waals surface area (Å²) in [5, 5.41) is 6.32. The lowest BCUT2D eigenvalue weighted by atomic mass is 9.98. The van der Waals surface area contributed by atoms with Crippen molar-refractivity contribution in [2.45, 2.75) is 26.2 Å². The molecule has 1 heterocycles. The molecule has 1 fully saturated rings. The summed E-state index contributed by atoms with van der Waals surface area (Å²) in [4.78, 5) is 11.9. The fraction of sp³-hybridized carbons (Fsp3) is 0.533. The predicted molar refractivity (Wildman–Crippen MR) is 73.5 cm³/mol. The third-order valence-corrected chi connectivity index (χ3v) is 3.62. The van der Waals surface area contributed by atoms with Crippen molar-refractivity contribution in [3.05, 3.63) is 35.4 Å². The van der Waals surface area contributed by atoms with Crippen molar-refractivity contribution in [2.75, 3.05) is 19.6 Å². The molecule has 1 aromatic rings. The van der Waals surface area contributed by atoms with Gasteiger partial charge in [-0.25, -0.2) is 0 Å². The molecule has 1 saturated heterocycles. The van der Waals surface area contributed by atoms with Crippen LogP contribution in [0.2, 0.25) is 0 Å². The second-order valence-electron chi connectivity index (χ2n) is 5.01. The van der Waals surface area contributed by atoms with E-state index in [1.807, 2.05) is 6.07 Å². The average Bonchev–Trinajstić information content (AvgIpc) is 2.42. The Morgan fingerprint density at radius 2 is 2.28 bits per heavy atom. The van der Waals surface area contributed by atoms with Crippen molar-refractivity contribution in [1.82, 2.24) is 10.6 Å². The van der Waals surface area contributed by atoms with Crippen LogP contribution in [0.1, 0.15) is 24.0 Å². The number of amides is 1. The van der Waals surface area contributed by atoms with Crippen LogP contribution in [-0.4, -0.2) is 25.5 Å². The SMILES string of the molecule is Cc1ccccc1CCNC(=O)C1CCCNC1. The molecule has 2 rings (SSSR count). The summed E-state index contributed by atoms with van der Waals surface area (Å²) in [6.45, 7) is 4.73. The molecule has 1 aliphatic rings. The number of aryl methyl sites for hydroxylation is 1. The third kappa shape index (κ3) is 3.57. The van der Waals surface area contributed by atoms with Gasteiger partial charge in [-0.15, -0.1) is 0 Å². The van der Waals surface area contributed by atoms with Crippen molar-refractivity contribution in [3.63, 3.8) is 0 Å². The number of benzene rings is 1. The molecule has 0 aliphatic carbocycles. The summed E-state index contributed by atoms with van der Waals surface area (Å²) in [7, 11) is 0. The van der Waals surface area contributed by atoms with Crippen LogP contribution in [0.15, 0.2) is 24.3 Å². The highest BCUT2D eigenvalue weighted by atomic mass is 16.1. The molecule has 0 spiro atoms. The molecule has 98 valence electrons. The zero-order valence-electron chi connectivity index (χ0n) is 11.0. The lowest BCUT2D eigenvalue weighted by Gasteiger charge is -2.21. The van der Waals surface area contributed by atoms with Crippen LogP contribution in [-0.2, 0) is 11.2 Å². The normalized spacial score (nSPS) is 19.5. The van der Waals surface area contributed by atoms with Gasteiger partial charge in [0.1, 0.15) is 0 Å². The molecule has 1 unspecified atom stereocenters. The fourth-order valence-electron chi connectivity index (χ4n) is 2.43. The Hall–Kier alpha value is -1.35. The van der Waals surface area contributed by atoms with Crippen molar-refractivity contribution in [3.8, 4) is 0 Å². The molecule has 0 saturated carbocycles. The minimum Gasteiger partial charge on any atom is -0.355 e. The molecule has 3 nitrogen and oxygen atoms in total. The van der Waals surface area contributed by atoms with E-state index in [0.29, 0.717) is 0 Å². The van der Waals surface area contributed by atoms with E-state index in [1.165, 1.54) is 11.1 Å². The Morgan fingerprint density at radius 1 is 1.44 bits per heavy atom. The Morgan fingerprint density at radius 3 is 3.00 bits per heavy atom. The van der Waals surface area contributed by atoms with Gasteiger partial charge in [0, 0.05) is 13.1 Å². The maximum absolute atomic E-state index is 11.9. The number of nitrogens with one attached hydrogen (secondary N) is 2. The molecule has 3 heteroatoms. The number of hydrogen-bond acceptors (Lipinski definition) is 2. The lowest BCUT2D eigenvalue weighted by molar-refractivity contribution is -0.125. The zero-order chi connectivity index (χ0) is 12.8. The number of hydrogen-bond donors (Lipinski definition) is 2. The van der Waals surface area contributed by atoms with Crippen LogP contribution in [0, 0.1) is 12.8 Å². The first kappa shape index (κ1) is 13.1. The van der Waals surface area contributed by atoms with Crippen molar-refractivity contribution < 1.29 is 4.79 Å². The third-order valence-electron chi connectivity index (χ3n) is 3.62. The van der Waals surface area contributed by atoms with Gasteiger partial charge >= 0.3 is 0 Å². The first-order valence-electron chi connectivity index (χ1n) is 6.80. The van der Waals surface area contributed by atoms with E-state index >= 15 is 0 Å². The van der Waals surface area contributed by atoms with Crippen LogP contribution >= 0.6 is 0 Å². The monoisotopic (exact) mass is 246 g/mol. The molecule has 1 atom stereocenters. The number of carbonyl (C=O) groups excluding carboxylic acids is 1. The van der Waals surface area contributed by atoms with Crippen LogP contribution < -0.4 is 10.6 Å². The Balaban J connectivity index is 1.75. The van der Waals surface area contributed by atoms with E-state index in [4.69, 9.17) is 0 Å². The van der Waals surface area contributed by atoms with E-state index in [9.17, 15) is 4.79 Å². The van der Waals surface area contributed by atoms with Gasteiger partial charge in [0.25, 0.3) is 0 Å². The second-order valence-corrected chi connectivity index (χ2v) is 5.01. The number of carbonyl (C=O) groups is 1. The van der Waals surface area contributed by atoms with Crippen molar-refractivity contribution >= 4 is 5.91 Å². The van der Waals surface area contributed by atoms with Crippen LogP contribution in [0.5, 0.6) is 0 Å². The van der Waals surface area contributed by atoms with Crippen LogP contribution in [0.3, 0.4) is 0 Å². The second kappa shape index (κ2) is 6.55. The summed E-state index contributed by atoms with van der Waals surface area (Å²) in [5.41, 5.74) is 2.62. The van der Waals surface area contributed by atoms with Gasteiger partial charge in [0.2, 0.25) is 5.91 Å². The fourth-order valence-corrected chi connectivity index (χ4v) is 2.43. The molecule has 1 aromatic carbocycles. The maximum Gasteiger partial charge on any atom is 0.224 e. The van der Waals surface area contributed by atoms with Crippen molar-refractivity contribution in [1.29, 1.82) is 0 Å². The molecule has 1 amide bonds. The molecule has 0 radical (unpaired) electrons. The smallest absolute Gasteiger partial charge is 0.224 e. The number of rotatable bonds is 4. The van der Waals surface area contributed by atoms with E-state index < -0.39 is 0 Å². The minimum absolute atomic E-state index is 0.163. The molecular weight excluding hydrogens is 224 g/mol. The van der Waals surface area contributed by atoms with Gasteiger partial charge < -0.3 is 10.6 Å². The van der Waals surface area contributed by atoms with Crippen molar-refractivity contribution in [2.24, 2.45) is 5.92 Å². The highest BCUT2D eigenvalue weighted by molar-refractivity contribution is 5.78. The van der Waals surface area contributed by atoms with Crippen LogP contribution in [0.25, 0.3) is 0 Å². The summed E-state index contributed by atoms with van der Waals surface area (Å²) in [6.07, 6.45) is 3.04. The Bertz CT molecular complexity index is 397. The average molecular weight is 246 g/mol. The minimum atomic E-state index is 0.163. The van der Waals surface area contributed by atoms with Gasteiger partial charge in [-0.05, 0) is 43.9 Å². The molecule has 2 N–H and O–H groups in total. The quantitative estimate of drug-likeness (QED) is 0.848. The zero-order valence-corrected chi connectivity index (χ0v) is 11.0. The van der Waals surface area contributed by atoms with Gasteiger partial charge in [0.15, 0.2) is 0 Å².